The molecule has 2 N–H and O–H groups in total. The Morgan fingerprint density at radius 1 is 1.54 bits per heavy atom. The summed E-state index contributed by atoms with van der Waals surface area (Å²) >= 11 is 0. The normalized spacial score (nSPS) is 19.2. The molecule has 13 heavy (non-hydrogen) atoms. The molecule has 1 saturated heterocycles. The first-order valence-electron chi connectivity index (χ1n) is 4.34. The highest BCUT2D eigenvalue weighted by Crippen LogP contribution is 2.00. The van der Waals surface area contributed by atoms with E-state index in [2.05, 4.69) is 0 Å². The molecule has 0 aliphatic carbocycles. The Bertz CT molecular complexity index is 217. The molecular formula is C8H15N3O2. The van der Waals surface area contributed by atoms with Crippen molar-refractivity contribution in [2.24, 2.45) is 5.73 Å². The van der Waals surface area contributed by atoms with E-state index >= 15 is 0 Å². The van der Waals surface area contributed by atoms with Crippen LogP contribution in [0.1, 0.15) is 6.42 Å². The second-order valence-electron chi connectivity index (χ2n) is 3.31. The second kappa shape index (κ2) is 4.23. The number of piperazine rings is 1. The number of carbonyl (C=O) groups is 2. The molecule has 1 fully saturated rings. The summed E-state index contributed by atoms with van der Waals surface area (Å²) in [6, 6.07) is 0. The molecule has 74 valence electrons. The first kappa shape index (κ1) is 9.98. The molecule has 1 heterocycles. The van der Waals surface area contributed by atoms with Gasteiger partial charge in [-0.1, -0.05) is 0 Å². The van der Waals surface area contributed by atoms with Crippen LogP contribution in [0.3, 0.4) is 0 Å². The van der Waals surface area contributed by atoms with Gasteiger partial charge in [-0.05, 0) is 0 Å². The zero-order valence-electron chi connectivity index (χ0n) is 7.82. The van der Waals surface area contributed by atoms with Gasteiger partial charge >= 0.3 is 0 Å². The van der Waals surface area contributed by atoms with Gasteiger partial charge in [0.05, 0.1) is 6.54 Å². The zero-order valence-corrected chi connectivity index (χ0v) is 7.82. The fourth-order valence-electron chi connectivity index (χ4n) is 1.27. The third-order valence-electron chi connectivity index (χ3n) is 2.21. The van der Waals surface area contributed by atoms with Crippen molar-refractivity contribution in [2.75, 3.05) is 33.2 Å². The van der Waals surface area contributed by atoms with Crippen LogP contribution in [0, 0.1) is 0 Å². The number of carbonyl (C=O) groups excluding carboxylic acids is 2. The lowest BCUT2D eigenvalue weighted by Crippen LogP contribution is -2.49. The number of hydrogen-bond acceptors (Lipinski definition) is 3. The third kappa shape index (κ3) is 3.02. The fourth-order valence-corrected chi connectivity index (χ4v) is 1.27. The van der Waals surface area contributed by atoms with Crippen molar-refractivity contribution >= 4 is 11.8 Å². The SMILES string of the molecule is CN1CCN(CCC(N)=O)CC1=O. The summed E-state index contributed by atoms with van der Waals surface area (Å²) in [4.78, 5) is 25.4. The minimum absolute atomic E-state index is 0.107. The lowest BCUT2D eigenvalue weighted by molar-refractivity contribution is -0.134. The molecule has 1 aliphatic rings. The molecular weight excluding hydrogens is 170 g/mol. The van der Waals surface area contributed by atoms with E-state index in [0.29, 0.717) is 19.5 Å². The Labute approximate surface area is 77.5 Å². The van der Waals surface area contributed by atoms with Gasteiger partial charge in [0.1, 0.15) is 0 Å². The molecule has 1 rings (SSSR count). The molecule has 0 atom stereocenters. The van der Waals surface area contributed by atoms with E-state index in [1.54, 1.807) is 11.9 Å². The minimum atomic E-state index is -0.314. The van der Waals surface area contributed by atoms with Gasteiger partial charge in [0.25, 0.3) is 0 Å². The highest BCUT2D eigenvalue weighted by molar-refractivity contribution is 5.79. The highest BCUT2D eigenvalue weighted by atomic mass is 16.2. The molecule has 1 aliphatic heterocycles. The highest BCUT2D eigenvalue weighted by Gasteiger charge is 2.20. The molecule has 0 unspecified atom stereocenters. The van der Waals surface area contributed by atoms with Crippen molar-refractivity contribution in [1.82, 2.24) is 9.80 Å². The molecule has 0 spiro atoms. The number of hydrogen-bond donors (Lipinski definition) is 1. The Hall–Kier alpha value is -1.10. The average molecular weight is 185 g/mol. The Morgan fingerprint density at radius 3 is 2.77 bits per heavy atom. The van der Waals surface area contributed by atoms with Gasteiger partial charge in [-0.2, -0.15) is 0 Å². The van der Waals surface area contributed by atoms with Crippen molar-refractivity contribution in [3.8, 4) is 0 Å². The first-order chi connectivity index (χ1) is 6.09. The third-order valence-corrected chi connectivity index (χ3v) is 2.21. The number of nitrogens with zero attached hydrogens (tertiary/aromatic N) is 2. The van der Waals surface area contributed by atoms with E-state index in [9.17, 15) is 9.59 Å². The largest absolute Gasteiger partial charge is 0.370 e. The maximum Gasteiger partial charge on any atom is 0.236 e. The van der Waals surface area contributed by atoms with Gasteiger partial charge < -0.3 is 10.6 Å². The average Bonchev–Trinajstić information content (AvgIpc) is 2.07. The summed E-state index contributed by atoms with van der Waals surface area (Å²) < 4.78 is 0. The smallest absolute Gasteiger partial charge is 0.236 e. The summed E-state index contributed by atoms with van der Waals surface area (Å²) in [5.41, 5.74) is 5.01. The summed E-state index contributed by atoms with van der Waals surface area (Å²) in [5, 5.41) is 0. The van der Waals surface area contributed by atoms with E-state index in [1.165, 1.54) is 0 Å². The molecule has 0 radical (unpaired) electrons. The quantitative estimate of drug-likeness (QED) is 0.590. The molecule has 0 bridgehead atoms. The van der Waals surface area contributed by atoms with Crippen LogP contribution in [0.2, 0.25) is 0 Å². The fraction of sp³-hybridized carbons (Fsp3) is 0.750. The standard InChI is InChI=1S/C8H15N3O2/c1-10-4-5-11(6-8(10)13)3-2-7(9)12/h2-6H2,1H3,(H2,9,12). The summed E-state index contributed by atoms with van der Waals surface area (Å²) in [6.45, 7) is 2.56. The zero-order chi connectivity index (χ0) is 9.84. The van der Waals surface area contributed by atoms with Crippen LogP contribution in [0.5, 0.6) is 0 Å². The van der Waals surface area contributed by atoms with Crippen molar-refractivity contribution in [3.63, 3.8) is 0 Å². The predicted molar refractivity (Wildman–Crippen MR) is 47.9 cm³/mol. The number of rotatable bonds is 3. The van der Waals surface area contributed by atoms with Crippen LogP contribution in [-0.4, -0.2) is 54.8 Å². The van der Waals surface area contributed by atoms with E-state index in [0.717, 1.165) is 13.1 Å². The van der Waals surface area contributed by atoms with Gasteiger partial charge in [0, 0.05) is 33.1 Å². The van der Waals surface area contributed by atoms with Crippen LogP contribution in [0.15, 0.2) is 0 Å². The van der Waals surface area contributed by atoms with Crippen LogP contribution in [0.4, 0.5) is 0 Å². The Morgan fingerprint density at radius 2 is 2.23 bits per heavy atom. The van der Waals surface area contributed by atoms with Crippen LogP contribution in [0.25, 0.3) is 0 Å². The van der Waals surface area contributed by atoms with E-state index < -0.39 is 0 Å². The maximum atomic E-state index is 11.2. The molecule has 5 nitrogen and oxygen atoms in total. The Balaban J connectivity index is 2.29. The number of amides is 2. The van der Waals surface area contributed by atoms with Gasteiger partial charge in [-0.25, -0.2) is 0 Å². The van der Waals surface area contributed by atoms with E-state index in [-0.39, 0.29) is 11.8 Å². The lowest BCUT2D eigenvalue weighted by atomic mass is 10.3. The lowest BCUT2D eigenvalue weighted by Gasteiger charge is -2.31. The summed E-state index contributed by atoms with van der Waals surface area (Å²) in [5.74, 6) is -0.206. The van der Waals surface area contributed by atoms with Crippen molar-refractivity contribution in [1.29, 1.82) is 0 Å². The monoisotopic (exact) mass is 185 g/mol. The minimum Gasteiger partial charge on any atom is -0.370 e. The predicted octanol–water partition coefficient (Wildman–Crippen LogP) is -1.36. The second-order valence-corrected chi connectivity index (χ2v) is 3.31. The number of likely N-dealkylation sites (N-methyl/N-ethyl adjacent to an activating group) is 1. The molecule has 5 heteroatoms. The van der Waals surface area contributed by atoms with Crippen LogP contribution < -0.4 is 5.73 Å². The molecule has 2 amide bonds. The van der Waals surface area contributed by atoms with E-state index in [4.69, 9.17) is 5.73 Å². The first-order valence-corrected chi connectivity index (χ1v) is 4.34. The molecule has 0 aromatic carbocycles. The van der Waals surface area contributed by atoms with Crippen molar-refractivity contribution < 1.29 is 9.59 Å². The van der Waals surface area contributed by atoms with Gasteiger partial charge in [-0.15, -0.1) is 0 Å². The van der Waals surface area contributed by atoms with Crippen LogP contribution in [-0.2, 0) is 9.59 Å². The van der Waals surface area contributed by atoms with E-state index in [1.807, 2.05) is 4.90 Å². The number of nitrogens with two attached hydrogens (primary N) is 1. The van der Waals surface area contributed by atoms with Crippen molar-refractivity contribution in [3.05, 3.63) is 0 Å². The topological polar surface area (TPSA) is 66.6 Å². The molecule has 0 aromatic heterocycles. The Kier molecular flexibility index (Phi) is 3.25. The van der Waals surface area contributed by atoms with Gasteiger partial charge in [0.2, 0.25) is 11.8 Å². The summed E-state index contributed by atoms with van der Waals surface area (Å²) in [6.07, 6.45) is 0.330. The molecule has 0 aromatic rings. The summed E-state index contributed by atoms with van der Waals surface area (Å²) in [7, 11) is 1.79. The molecule has 0 saturated carbocycles. The van der Waals surface area contributed by atoms with Crippen LogP contribution >= 0.6 is 0 Å². The number of primary amides is 1. The van der Waals surface area contributed by atoms with Gasteiger partial charge in [0.15, 0.2) is 0 Å². The van der Waals surface area contributed by atoms with Gasteiger partial charge in [-0.3, -0.25) is 14.5 Å². The van der Waals surface area contributed by atoms with Crippen molar-refractivity contribution in [2.45, 2.75) is 6.42 Å². The maximum absolute atomic E-state index is 11.2.